The maximum atomic E-state index is 9.84. The van der Waals surface area contributed by atoms with E-state index in [1.54, 1.807) is 12.1 Å². The monoisotopic (exact) mass is 268 g/mol. The van der Waals surface area contributed by atoms with Gasteiger partial charge in [-0.2, -0.15) is 0 Å². The molecule has 1 heterocycles. The van der Waals surface area contributed by atoms with Crippen molar-refractivity contribution in [1.29, 1.82) is 0 Å². The van der Waals surface area contributed by atoms with Gasteiger partial charge >= 0.3 is 0 Å². The first-order chi connectivity index (χ1) is 8.69. The lowest BCUT2D eigenvalue weighted by atomic mass is 10.1. The van der Waals surface area contributed by atoms with Gasteiger partial charge in [0.05, 0.1) is 0 Å². The maximum absolute atomic E-state index is 9.84. The summed E-state index contributed by atoms with van der Waals surface area (Å²) >= 11 is 5.97. The van der Waals surface area contributed by atoms with E-state index in [9.17, 15) is 5.11 Å². The SMILES string of the molecule is CCN(Cc1cc(Cl)ccc1O)CC1CCCN1. The molecule has 3 nitrogen and oxygen atoms in total. The fourth-order valence-corrected chi connectivity index (χ4v) is 2.65. The Labute approximate surface area is 114 Å². The van der Waals surface area contributed by atoms with E-state index in [2.05, 4.69) is 17.1 Å². The molecule has 1 saturated heterocycles. The fourth-order valence-electron chi connectivity index (χ4n) is 2.45. The molecule has 2 rings (SSSR count). The van der Waals surface area contributed by atoms with Crippen LogP contribution in [0.1, 0.15) is 25.3 Å². The molecule has 1 aromatic rings. The molecule has 4 heteroatoms. The van der Waals surface area contributed by atoms with Gasteiger partial charge in [-0.25, -0.2) is 0 Å². The predicted molar refractivity (Wildman–Crippen MR) is 75.1 cm³/mol. The number of aromatic hydroxyl groups is 1. The van der Waals surface area contributed by atoms with Crippen molar-refractivity contribution >= 4 is 11.6 Å². The standard InChI is InChI=1S/C14H21ClN2O/c1-2-17(10-13-4-3-7-16-13)9-11-8-12(15)5-6-14(11)18/h5-6,8,13,16,18H,2-4,7,9-10H2,1H3. The molecule has 18 heavy (non-hydrogen) atoms. The second-order valence-corrected chi connectivity index (χ2v) is 5.33. The van der Waals surface area contributed by atoms with Crippen molar-refractivity contribution in [3.8, 4) is 5.75 Å². The van der Waals surface area contributed by atoms with Crippen molar-refractivity contribution in [3.63, 3.8) is 0 Å². The Bertz CT molecular complexity index is 391. The molecule has 0 aromatic heterocycles. The number of rotatable bonds is 5. The summed E-state index contributed by atoms with van der Waals surface area (Å²) < 4.78 is 0. The van der Waals surface area contributed by atoms with Gasteiger partial charge in [-0.3, -0.25) is 4.90 Å². The molecular weight excluding hydrogens is 248 g/mol. The molecule has 1 atom stereocenters. The first kappa shape index (κ1) is 13.7. The molecular formula is C14H21ClN2O. The predicted octanol–water partition coefficient (Wildman–Crippen LogP) is 2.62. The van der Waals surface area contributed by atoms with Crippen LogP contribution in [-0.2, 0) is 6.54 Å². The number of benzene rings is 1. The van der Waals surface area contributed by atoms with Crippen LogP contribution in [0.15, 0.2) is 18.2 Å². The second kappa shape index (κ2) is 6.41. The van der Waals surface area contributed by atoms with Crippen LogP contribution >= 0.6 is 11.6 Å². The van der Waals surface area contributed by atoms with Crippen LogP contribution in [0.3, 0.4) is 0 Å². The average molecular weight is 269 g/mol. The van der Waals surface area contributed by atoms with Crippen LogP contribution in [0.4, 0.5) is 0 Å². The molecule has 1 aliphatic heterocycles. The van der Waals surface area contributed by atoms with E-state index in [-0.39, 0.29) is 0 Å². The van der Waals surface area contributed by atoms with Crippen molar-refractivity contribution < 1.29 is 5.11 Å². The topological polar surface area (TPSA) is 35.5 Å². The lowest BCUT2D eigenvalue weighted by Gasteiger charge is -2.24. The minimum absolute atomic E-state index is 0.331. The van der Waals surface area contributed by atoms with Gasteiger partial charge in [0.2, 0.25) is 0 Å². The summed E-state index contributed by atoms with van der Waals surface area (Å²) in [5.41, 5.74) is 0.905. The molecule has 1 fully saturated rings. The third-order valence-electron chi connectivity index (χ3n) is 3.52. The van der Waals surface area contributed by atoms with Crippen molar-refractivity contribution in [2.75, 3.05) is 19.6 Å². The molecule has 0 amide bonds. The summed E-state index contributed by atoms with van der Waals surface area (Å²) in [5, 5.41) is 14.0. The lowest BCUT2D eigenvalue weighted by Crippen LogP contribution is -2.37. The summed E-state index contributed by atoms with van der Waals surface area (Å²) in [5.74, 6) is 0.331. The summed E-state index contributed by atoms with van der Waals surface area (Å²) in [6.07, 6.45) is 2.52. The van der Waals surface area contributed by atoms with Gasteiger partial charge in [-0.05, 0) is 44.1 Å². The van der Waals surface area contributed by atoms with Crippen molar-refractivity contribution in [1.82, 2.24) is 10.2 Å². The smallest absolute Gasteiger partial charge is 0.120 e. The largest absolute Gasteiger partial charge is 0.508 e. The first-order valence-corrected chi connectivity index (χ1v) is 7.00. The second-order valence-electron chi connectivity index (χ2n) is 4.89. The molecule has 1 aliphatic rings. The Morgan fingerprint density at radius 2 is 2.33 bits per heavy atom. The van der Waals surface area contributed by atoms with E-state index >= 15 is 0 Å². The zero-order valence-electron chi connectivity index (χ0n) is 10.8. The Kier molecular flexibility index (Phi) is 4.87. The summed E-state index contributed by atoms with van der Waals surface area (Å²) in [4.78, 5) is 2.34. The van der Waals surface area contributed by atoms with Crippen LogP contribution in [0.2, 0.25) is 5.02 Å². The Morgan fingerprint density at radius 3 is 3.00 bits per heavy atom. The van der Waals surface area contributed by atoms with Crippen LogP contribution in [0, 0.1) is 0 Å². The van der Waals surface area contributed by atoms with E-state index in [0.29, 0.717) is 16.8 Å². The van der Waals surface area contributed by atoms with Gasteiger partial charge in [-0.15, -0.1) is 0 Å². The van der Waals surface area contributed by atoms with Crippen LogP contribution in [0.25, 0.3) is 0 Å². The highest BCUT2D eigenvalue weighted by Gasteiger charge is 2.17. The van der Waals surface area contributed by atoms with E-state index in [4.69, 9.17) is 11.6 Å². The number of halogens is 1. The number of likely N-dealkylation sites (N-methyl/N-ethyl adjacent to an activating group) is 1. The van der Waals surface area contributed by atoms with Crippen molar-refractivity contribution in [3.05, 3.63) is 28.8 Å². The number of hydrogen-bond acceptors (Lipinski definition) is 3. The van der Waals surface area contributed by atoms with Gasteiger partial charge in [0.25, 0.3) is 0 Å². The Hall–Kier alpha value is -0.770. The van der Waals surface area contributed by atoms with Gasteiger partial charge in [-0.1, -0.05) is 18.5 Å². The Morgan fingerprint density at radius 1 is 1.50 bits per heavy atom. The summed E-state index contributed by atoms with van der Waals surface area (Å²) in [6, 6.07) is 5.82. The highest BCUT2D eigenvalue weighted by molar-refractivity contribution is 6.30. The number of phenolic OH excluding ortho intramolecular Hbond substituents is 1. The molecule has 0 radical (unpaired) electrons. The van der Waals surface area contributed by atoms with E-state index in [1.165, 1.54) is 12.8 Å². The normalized spacial score (nSPS) is 19.6. The first-order valence-electron chi connectivity index (χ1n) is 6.62. The van der Waals surface area contributed by atoms with E-state index in [0.717, 1.165) is 31.7 Å². The van der Waals surface area contributed by atoms with Crippen LogP contribution in [0.5, 0.6) is 5.75 Å². The van der Waals surface area contributed by atoms with Crippen LogP contribution < -0.4 is 5.32 Å². The van der Waals surface area contributed by atoms with Crippen molar-refractivity contribution in [2.24, 2.45) is 0 Å². The molecule has 0 spiro atoms. The number of hydrogen-bond donors (Lipinski definition) is 2. The van der Waals surface area contributed by atoms with Gasteiger partial charge in [0.1, 0.15) is 5.75 Å². The quantitative estimate of drug-likeness (QED) is 0.862. The molecule has 0 aliphatic carbocycles. The molecule has 0 saturated carbocycles. The van der Waals surface area contributed by atoms with Gasteiger partial charge in [0.15, 0.2) is 0 Å². The summed E-state index contributed by atoms with van der Waals surface area (Å²) in [7, 11) is 0. The van der Waals surface area contributed by atoms with Gasteiger partial charge < -0.3 is 10.4 Å². The van der Waals surface area contributed by atoms with Crippen molar-refractivity contribution in [2.45, 2.75) is 32.4 Å². The average Bonchev–Trinajstić information content (AvgIpc) is 2.85. The molecule has 1 unspecified atom stereocenters. The summed E-state index contributed by atoms with van der Waals surface area (Å²) in [6.45, 7) is 6.04. The number of nitrogens with zero attached hydrogens (tertiary/aromatic N) is 1. The minimum atomic E-state index is 0.331. The molecule has 100 valence electrons. The fraction of sp³-hybridized carbons (Fsp3) is 0.571. The minimum Gasteiger partial charge on any atom is -0.508 e. The molecule has 2 N–H and O–H groups in total. The van der Waals surface area contributed by atoms with Crippen LogP contribution in [-0.4, -0.2) is 35.7 Å². The van der Waals surface area contributed by atoms with E-state index < -0.39 is 0 Å². The third kappa shape index (κ3) is 3.61. The maximum Gasteiger partial charge on any atom is 0.120 e. The third-order valence-corrected chi connectivity index (χ3v) is 3.76. The van der Waals surface area contributed by atoms with Gasteiger partial charge in [0, 0.05) is 29.7 Å². The Balaban J connectivity index is 1.98. The zero-order chi connectivity index (χ0) is 13.0. The van der Waals surface area contributed by atoms with E-state index in [1.807, 2.05) is 6.07 Å². The zero-order valence-corrected chi connectivity index (χ0v) is 11.6. The highest BCUT2D eigenvalue weighted by atomic mass is 35.5. The highest BCUT2D eigenvalue weighted by Crippen LogP contribution is 2.23. The molecule has 1 aromatic carbocycles. The number of nitrogens with one attached hydrogen (secondary N) is 1. The number of phenols is 1. The lowest BCUT2D eigenvalue weighted by molar-refractivity contribution is 0.250. The molecule has 0 bridgehead atoms.